The van der Waals surface area contributed by atoms with Crippen molar-refractivity contribution in [2.45, 2.75) is 19.4 Å². The van der Waals surface area contributed by atoms with Crippen LogP contribution in [0.1, 0.15) is 29.8 Å². The van der Waals surface area contributed by atoms with Gasteiger partial charge in [-0.2, -0.15) is 0 Å². The van der Waals surface area contributed by atoms with Gasteiger partial charge in [0.15, 0.2) is 5.78 Å². The molecule has 3 rings (SSSR count). The van der Waals surface area contributed by atoms with Gasteiger partial charge in [-0.1, -0.05) is 12.1 Å². The molecule has 10 nitrogen and oxygen atoms in total. The maximum absolute atomic E-state index is 12.9. The second kappa shape index (κ2) is 7.74. The number of Topliss-reactive ketones (excluding diaryl/α,β-unsaturated/α-hetero) is 1. The Morgan fingerprint density at radius 3 is 2.43 bits per heavy atom. The first kappa shape index (κ1) is 20.6. The van der Waals surface area contributed by atoms with E-state index >= 15 is 0 Å². The van der Waals surface area contributed by atoms with Gasteiger partial charge in [-0.05, 0) is 43.7 Å². The van der Waals surface area contributed by atoms with Gasteiger partial charge in [-0.25, -0.2) is 4.79 Å². The topological polar surface area (TPSA) is 139 Å². The number of nitro benzene ring substituents is 1. The molecule has 1 aliphatic heterocycles. The Bertz CT molecular complexity index is 1070. The third kappa shape index (κ3) is 3.88. The van der Waals surface area contributed by atoms with Crippen molar-refractivity contribution in [2.75, 3.05) is 11.9 Å². The predicted octanol–water partition coefficient (Wildman–Crippen LogP) is 2.20. The Labute approximate surface area is 171 Å². The molecule has 10 heteroatoms. The first-order chi connectivity index (χ1) is 14.1. The van der Waals surface area contributed by atoms with Gasteiger partial charge in [-0.3, -0.25) is 29.4 Å². The smallest absolute Gasteiger partial charge is 0.325 e. The summed E-state index contributed by atoms with van der Waals surface area (Å²) >= 11 is 0. The van der Waals surface area contributed by atoms with Crippen molar-refractivity contribution in [2.24, 2.45) is 0 Å². The third-order valence-electron chi connectivity index (χ3n) is 4.79. The minimum atomic E-state index is -1.46. The summed E-state index contributed by atoms with van der Waals surface area (Å²) in [5, 5.41) is 15.9. The lowest BCUT2D eigenvalue weighted by Crippen LogP contribution is -2.42. The van der Waals surface area contributed by atoms with Crippen molar-refractivity contribution in [3.8, 4) is 0 Å². The number of ketones is 1. The number of carbonyl (C=O) groups is 4. The monoisotopic (exact) mass is 410 g/mol. The van der Waals surface area contributed by atoms with Crippen LogP contribution < -0.4 is 10.6 Å². The molecular weight excluding hydrogens is 392 g/mol. The number of benzene rings is 2. The highest BCUT2D eigenvalue weighted by Crippen LogP contribution is 2.30. The predicted molar refractivity (Wildman–Crippen MR) is 106 cm³/mol. The van der Waals surface area contributed by atoms with Crippen LogP contribution in [0.15, 0.2) is 48.5 Å². The summed E-state index contributed by atoms with van der Waals surface area (Å²) in [6.07, 6.45) is 0. The van der Waals surface area contributed by atoms with Crippen LogP contribution in [0.25, 0.3) is 0 Å². The Morgan fingerprint density at radius 2 is 1.83 bits per heavy atom. The van der Waals surface area contributed by atoms with Gasteiger partial charge in [0.05, 0.1) is 4.92 Å². The summed E-state index contributed by atoms with van der Waals surface area (Å²) in [5.74, 6) is -1.44. The third-order valence-corrected chi connectivity index (χ3v) is 4.79. The minimum absolute atomic E-state index is 0.150. The van der Waals surface area contributed by atoms with Crippen molar-refractivity contribution < 1.29 is 24.1 Å². The van der Waals surface area contributed by atoms with Crippen molar-refractivity contribution in [1.29, 1.82) is 0 Å². The van der Waals surface area contributed by atoms with E-state index in [1.807, 2.05) is 0 Å². The minimum Gasteiger partial charge on any atom is -0.325 e. The number of urea groups is 1. The van der Waals surface area contributed by atoms with Crippen LogP contribution in [0.4, 0.5) is 16.2 Å². The quantitative estimate of drug-likeness (QED) is 0.324. The summed E-state index contributed by atoms with van der Waals surface area (Å²) < 4.78 is 0. The highest BCUT2D eigenvalue weighted by molar-refractivity contribution is 6.10. The molecule has 2 aromatic carbocycles. The van der Waals surface area contributed by atoms with E-state index in [-0.39, 0.29) is 11.5 Å². The Balaban J connectivity index is 1.74. The van der Waals surface area contributed by atoms with Crippen LogP contribution in [-0.2, 0) is 15.1 Å². The van der Waals surface area contributed by atoms with Gasteiger partial charge in [0, 0.05) is 23.4 Å². The summed E-state index contributed by atoms with van der Waals surface area (Å²) in [5.41, 5.74) is -0.487. The van der Waals surface area contributed by atoms with Gasteiger partial charge >= 0.3 is 6.03 Å². The molecule has 30 heavy (non-hydrogen) atoms. The average molecular weight is 410 g/mol. The molecule has 1 heterocycles. The summed E-state index contributed by atoms with van der Waals surface area (Å²) in [6, 6.07) is 10.8. The molecule has 2 N–H and O–H groups in total. The largest absolute Gasteiger partial charge is 0.325 e. The number of nitrogens with zero attached hydrogens (tertiary/aromatic N) is 2. The molecule has 1 fully saturated rings. The highest BCUT2D eigenvalue weighted by Gasteiger charge is 2.49. The summed E-state index contributed by atoms with van der Waals surface area (Å²) in [4.78, 5) is 60.0. The van der Waals surface area contributed by atoms with E-state index in [4.69, 9.17) is 0 Å². The van der Waals surface area contributed by atoms with E-state index in [0.29, 0.717) is 16.8 Å². The lowest BCUT2D eigenvalue weighted by molar-refractivity contribution is -0.384. The van der Waals surface area contributed by atoms with Gasteiger partial charge in [0.25, 0.3) is 11.6 Å². The first-order valence-electron chi connectivity index (χ1n) is 8.91. The molecule has 1 aliphatic rings. The van der Waals surface area contributed by atoms with Gasteiger partial charge in [0.2, 0.25) is 5.91 Å². The van der Waals surface area contributed by atoms with E-state index in [0.717, 1.165) is 4.90 Å². The summed E-state index contributed by atoms with van der Waals surface area (Å²) in [6.45, 7) is 2.33. The highest BCUT2D eigenvalue weighted by atomic mass is 16.6. The molecule has 0 bridgehead atoms. The molecule has 1 atom stereocenters. The molecule has 0 spiro atoms. The Kier molecular flexibility index (Phi) is 5.33. The zero-order chi connectivity index (χ0) is 22.1. The number of nitrogens with one attached hydrogen (secondary N) is 2. The van der Waals surface area contributed by atoms with Crippen LogP contribution in [0.3, 0.4) is 0 Å². The first-order valence-corrected chi connectivity index (χ1v) is 8.91. The number of amides is 4. The number of anilines is 1. The number of hydrogen-bond donors (Lipinski definition) is 2. The molecule has 0 saturated carbocycles. The maximum Gasteiger partial charge on any atom is 0.325 e. The van der Waals surface area contributed by atoms with E-state index in [1.54, 1.807) is 18.2 Å². The number of nitro groups is 1. The van der Waals surface area contributed by atoms with E-state index in [1.165, 1.54) is 44.2 Å². The number of imide groups is 1. The molecule has 0 aromatic heterocycles. The van der Waals surface area contributed by atoms with E-state index in [2.05, 4.69) is 10.6 Å². The second-order valence-corrected chi connectivity index (χ2v) is 6.94. The normalized spacial score (nSPS) is 18.1. The standard InChI is InChI=1S/C20H18N4O6/c1-12(25)13-4-3-5-15(10-13)21-17(26)11-23-18(27)20(2,22-19(23)28)14-6-8-16(9-7-14)24(29)30/h3-10H,11H2,1-2H3,(H,21,26)(H,22,28)/t20-/m0/s1. The number of rotatable bonds is 6. The number of hydrogen-bond acceptors (Lipinski definition) is 6. The second-order valence-electron chi connectivity index (χ2n) is 6.94. The molecule has 0 unspecified atom stereocenters. The van der Waals surface area contributed by atoms with Crippen LogP contribution in [0.2, 0.25) is 0 Å². The molecule has 154 valence electrons. The van der Waals surface area contributed by atoms with Gasteiger partial charge in [-0.15, -0.1) is 0 Å². The fraction of sp³-hybridized carbons (Fsp3) is 0.200. The van der Waals surface area contributed by atoms with Crippen molar-refractivity contribution in [3.63, 3.8) is 0 Å². The zero-order valence-electron chi connectivity index (χ0n) is 16.2. The van der Waals surface area contributed by atoms with Crippen LogP contribution in [0, 0.1) is 10.1 Å². The molecular formula is C20H18N4O6. The number of non-ortho nitro benzene ring substituents is 1. The van der Waals surface area contributed by atoms with Crippen molar-refractivity contribution in [1.82, 2.24) is 10.2 Å². The molecule has 2 aromatic rings. The maximum atomic E-state index is 12.9. The van der Waals surface area contributed by atoms with E-state index in [9.17, 15) is 29.3 Å². The van der Waals surface area contributed by atoms with Crippen LogP contribution >= 0.6 is 0 Å². The number of carbonyl (C=O) groups excluding carboxylic acids is 4. The van der Waals surface area contributed by atoms with E-state index < -0.39 is 34.9 Å². The van der Waals surface area contributed by atoms with Crippen LogP contribution in [-0.4, -0.2) is 40.0 Å². The van der Waals surface area contributed by atoms with Crippen molar-refractivity contribution >= 4 is 35.0 Å². The van der Waals surface area contributed by atoms with Crippen molar-refractivity contribution in [3.05, 3.63) is 69.8 Å². The molecule has 4 amide bonds. The van der Waals surface area contributed by atoms with Gasteiger partial charge in [0.1, 0.15) is 12.1 Å². The SMILES string of the molecule is CC(=O)c1cccc(NC(=O)CN2C(=O)N[C@@](C)(c3ccc([N+](=O)[O-])cc3)C2=O)c1. The molecule has 0 radical (unpaired) electrons. The molecule has 0 aliphatic carbocycles. The zero-order valence-corrected chi connectivity index (χ0v) is 16.2. The Morgan fingerprint density at radius 1 is 1.17 bits per heavy atom. The van der Waals surface area contributed by atoms with Gasteiger partial charge < -0.3 is 10.6 Å². The fourth-order valence-corrected chi connectivity index (χ4v) is 3.11. The van der Waals surface area contributed by atoms with Crippen LogP contribution in [0.5, 0.6) is 0 Å². The summed E-state index contributed by atoms with van der Waals surface area (Å²) in [7, 11) is 0. The Hall–Kier alpha value is -4.08. The molecule has 1 saturated heterocycles. The fourth-order valence-electron chi connectivity index (χ4n) is 3.11. The lowest BCUT2D eigenvalue weighted by Gasteiger charge is -2.22. The average Bonchev–Trinajstić information content (AvgIpc) is 2.92. The lowest BCUT2D eigenvalue weighted by atomic mass is 9.92.